The Hall–Kier alpha value is -1.43. The van der Waals surface area contributed by atoms with E-state index in [1.807, 2.05) is 13.8 Å². The first-order chi connectivity index (χ1) is 12.2. The van der Waals surface area contributed by atoms with Crippen molar-refractivity contribution in [3.63, 3.8) is 0 Å². The van der Waals surface area contributed by atoms with Gasteiger partial charge in [0, 0.05) is 19.4 Å². The van der Waals surface area contributed by atoms with E-state index in [1.165, 1.54) is 4.90 Å². The van der Waals surface area contributed by atoms with Crippen molar-refractivity contribution < 1.29 is 19.5 Å². The number of nitrogens with one attached hydrogen (secondary N) is 1. The Bertz CT molecular complexity index is 500. The van der Waals surface area contributed by atoms with Gasteiger partial charge in [-0.05, 0) is 37.0 Å². The summed E-state index contributed by atoms with van der Waals surface area (Å²) in [7, 11) is 0. The first kappa shape index (κ1) is 22.6. The zero-order chi connectivity index (χ0) is 19.9. The quantitative estimate of drug-likeness (QED) is 0.333. The minimum atomic E-state index is -0.814. The lowest BCUT2D eigenvalue weighted by molar-refractivity contribution is -0.140. The zero-order valence-electron chi connectivity index (χ0n) is 17.0. The summed E-state index contributed by atoms with van der Waals surface area (Å²) in [4.78, 5) is 38.0. The molecule has 26 heavy (non-hydrogen) atoms. The predicted molar refractivity (Wildman–Crippen MR) is 101 cm³/mol. The molecule has 1 unspecified atom stereocenters. The SMILES string of the molecule is CCC(C)(CC)C1CC(=O)N(CCCCCC(=O)N[C@H](O)C(C)C)C1=O. The highest BCUT2D eigenvalue weighted by Gasteiger charge is 2.46. The number of imide groups is 1. The lowest BCUT2D eigenvalue weighted by atomic mass is 9.72. The predicted octanol–water partition coefficient (Wildman–Crippen LogP) is 2.84. The largest absolute Gasteiger partial charge is 0.373 e. The van der Waals surface area contributed by atoms with Crippen LogP contribution >= 0.6 is 0 Å². The van der Waals surface area contributed by atoms with Gasteiger partial charge in [0.05, 0.1) is 5.92 Å². The van der Waals surface area contributed by atoms with Crippen molar-refractivity contribution in [3.05, 3.63) is 0 Å². The number of aliphatic hydroxyl groups is 1. The summed E-state index contributed by atoms with van der Waals surface area (Å²) < 4.78 is 0. The number of likely N-dealkylation sites (tertiary alicyclic amines) is 1. The molecule has 0 aliphatic carbocycles. The van der Waals surface area contributed by atoms with Gasteiger partial charge >= 0.3 is 0 Å². The number of hydrogen-bond acceptors (Lipinski definition) is 4. The summed E-state index contributed by atoms with van der Waals surface area (Å²) in [6.45, 7) is 10.4. The van der Waals surface area contributed by atoms with Crippen LogP contribution in [0.25, 0.3) is 0 Å². The van der Waals surface area contributed by atoms with Crippen LogP contribution in [0.5, 0.6) is 0 Å². The van der Waals surface area contributed by atoms with Gasteiger partial charge < -0.3 is 10.4 Å². The van der Waals surface area contributed by atoms with E-state index in [0.717, 1.165) is 19.3 Å². The molecule has 1 fully saturated rings. The number of nitrogens with zero attached hydrogens (tertiary/aromatic N) is 1. The molecule has 1 aliphatic rings. The van der Waals surface area contributed by atoms with Gasteiger partial charge in [0.1, 0.15) is 6.23 Å². The number of carbonyl (C=O) groups excluding carboxylic acids is 3. The normalized spacial score (nSPS) is 19.3. The number of amides is 3. The molecule has 6 nitrogen and oxygen atoms in total. The van der Waals surface area contributed by atoms with Crippen LogP contribution in [0.2, 0.25) is 0 Å². The maximum atomic E-state index is 12.7. The summed E-state index contributed by atoms with van der Waals surface area (Å²) in [6, 6.07) is 0. The maximum Gasteiger partial charge on any atom is 0.233 e. The van der Waals surface area contributed by atoms with Crippen LogP contribution in [0.4, 0.5) is 0 Å². The molecule has 1 rings (SSSR count). The summed E-state index contributed by atoms with van der Waals surface area (Å²) in [5.74, 6) is -0.476. The second-order valence-electron chi connectivity index (χ2n) is 8.07. The van der Waals surface area contributed by atoms with Crippen molar-refractivity contribution in [2.24, 2.45) is 17.3 Å². The van der Waals surface area contributed by atoms with Crippen molar-refractivity contribution in [2.45, 2.75) is 85.8 Å². The fraction of sp³-hybridized carbons (Fsp3) is 0.850. The molecule has 0 bridgehead atoms. The minimum absolute atomic E-state index is 0.0176. The summed E-state index contributed by atoms with van der Waals surface area (Å²) in [5.41, 5.74) is -0.114. The molecule has 1 aliphatic heterocycles. The van der Waals surface area contributed by atoms with Crippen molar-refractivity contribution in [1.29, 1.82) is 0 Å². The lowest BCUT2D eigenvalue weighted by Gasteiger charge is -2.31. The number of rotatable bonds is 11. The van der Waals surface area contributed by atoms with E-state index in [-0.39, 0.29) is 35.0 Å². The molecule has 0 aromatic heterocycles. The third-order valence-corrected chi connectivity index (χ3v) is 5.93. The highest BCUT2D eigenvalue weighted by Crippen LogP contribution is 2.41. The molecule has 2 atom stereocenters. The third kappa shape index (κ3) is 5.79. The molecule has 0 aromatic rings. The molecule has 150 valence electrons. The van der Waals surface area contributed by atoms with Gasteiger partial charge in [-0.15, -0.1) is 0 Å². The molecule has 0 aromatic carbocycles. The second-order valence-corrected chi connectivity index (χ2v) is 8.07. The van der Waals surface area contributed by atoms with Crippen LogP contribution in [-0.2, 0) is 14.4 Å². The monoisotopic (exact) mass is 368 g/mol. The summed E-state index contributed by atoms with van der Waals surface area (Å²) in [6.07, 6.45) is 3.79. The second kappa shape index (κ2) is 10.0. The lowest BCUT2D eigenvalue weighted by Crippen LogP contribution is -2.38. The molecule has 1 saturated heterocycles. The van der Waals surface area contributed by atoms with Crippen LogP contribution < -0.4 is 5.32 Å². The van der Waals surface area contributed by atoms with Gasteiger partial charge in [-0.3, -0.25) is 19.3 Å². The van der Waals surface area contributed by atoms with Crippen LogP contribution in [0.1, 0.15) is 79.6 Å². The van der Waals surface area contributed by atoms with Gasteiger partial charge in [0.2, 0.25) is 17.7 Å². The van der Waals surface area contributed by atoms with Gasteiger partial charge in [-0.2, -0.15) is 0 Å². The zero-order valence-corrected chi connectivity index (χ0v) is 17.0. The molecular weight excluding hydrogens is 332 g/mol. The van der Waals surface area contributed by atoms with E-state index < -0.39 is 6.23 Å². The Morgan fingerprint density at radius 2 is 1.85 bits per heavy atom. The Labute approximate surface area is 157 Å². The van der Waals surface area contributed by atoms with Crippen LogP contribution in [0.15, 0.2) is 0 Å². The maximum absolute atomic E-state index is 12.7. The third-order valence-electron chi connectivity index (χ3n) is 5.93. The summed E-state index contributed by atoms with van der Waals surface area (Å²) >= 11 is 0. The van der Waals surface area contributed by atoms with Crippen molar-refractivity contribution in [1.82, 2.24) is 10.2 Å². The number of hydrogen-bond donors (Lipinski definition) is 2. The molecule has 3 amide bonds. The van der Waals surface area contributed by atoms with E-state index in [2.05, 4.69) is 26.1 Å². The van der Waals surface area contributed by atoms with E-state index >= 15 is 0 Å². The van der Waals surface area contributed by atoms with Crippen LogP contribution in [0.3, 0.4) is 0 Å². The average Bonchev–Trinajstić information content (AvgIpc) is 2.89. The van der Waals surface area contributed by atoms with Crippen molar-refractivity contribution >= 4 is 17.7 Å². The molecular formula is C20H36N2O4. The van der Waals surface area contributed by atoms with E-state index in [0.29, 0.717) is 32.2 Å². The Morgan fingerprint density at radius 1 is 1.23 bits per heavy atom. The van der Waals surface area contributed by atoms with E-state index in [1.54, 1.807) is 0 Å². The molecule has 0 saturated carbocycles. The minimum Gasteiger partial charge on any atom is -0.373 e. The number of unbranched alkanes of at least 4 members (excludes halogenated alkanes) is 2. The Kier molecular flexibility index (Phi) is 8.74. The molecule has 6 heteroatoms. The average molecular weight is 369 g/mol. The molecule has 0 spiro atoms. The fourth-order valence-corrected chi connectivity index (χ4v) is 3.34. The van der Waals surface area contributed by atoms with E-state index in [4.69, 9.17) is 0 Å². The fourth-order valence-electron chi connectivity index (χ4n) is 3.34. The molecule has 0 radical (unpaired) electrons. The standard InChI is InChI=1S/C20H36N2O4/c1-6-20(5,7-2)15-13-17(24)22(19(15)26)12-10-8-9-11-16(23)21-18(25)14(3)4/h14-15,18,25H,6-13H2,1-5H3,(H,21,23)/t15?,18-/m1/s1. The van der Waals surface area contributed by atoms with Gasteiger partial charge in [0.25, 0.3) is 0 Å². The smallest absolute Gasteiger partial charge is 0.233 e. The van der Waals surface area contributed by atoms with Gasteiger partial charge in [0.15, 0.2) is 0 Å². The van der Waals surface area contributed by atoms with Gasteiger partial charge in [-0.1, -0.05) is 41.0 Å². The Morgan fingerprint density at radius 3 is 2.38 bits per heavy atom. The highest BCUT2D eigenvalue weighted by atomic mass is 16.3. The highest BCUT2D eigenvalue weighted by molar-refractivity contribution is 6.03. The van der Waals surface area contributed by atoms with Crippen molar-refractivity contribution in [2.75, 3.05) is 6.54 Å². The summed E-state index contributed by atoms with van der Waals surface area (Å²) in [5, 5.41) is 12.2. The van der Waals surface area contributed by atoms with Crippen molar-refractivity contribution in [3.8, 4) is 0 Å². The molecule has 1 heterocycles. The van der Waals surface area contributed by atoms with Crippen LogP contribution in [0, 0.1) is 17.3 Å². The first-order valence-electron chi connectivity index (χ1n) is 9.97. The topological polar surface area (TPSA) is 86.7 Å². The number of carbonyl (C=O) groups is 3. The van der Waals surface area contributed by atoms with Gasteiger partial charge in [-0.25, -0.2) is 0 Å². The van der Waals surface area contributed by atoms with E-state index in [9.17, 15) is 19.5 Å². The Balaban J connectivity index is 2.36. The first-order valence-corrected chi connectivity index (χ1v) is 9.97. The molecule has 2 N–H and O–H groups in total. The van der Waals surface area contributed by atoms with Crippen LogP contribution in [-0.4, -0.2) is 40.5 Å². The number of aliphatic hydroxyl groups excluding tert-OH is 1.